The lowest BCUT2D eigenvalue weighted by Crippen LogP contribution is -2.42. The van der Waals surface area contributed by atoms with Crippen molar-refractivity contribution in [2.75, 3.05) is 25.0 Å². The van der Waals surface area contributed by atoms with Crippen molar-refractivity contribution < 1.29 is 24.6 Å². The molecule has 28 heavy (non-hydrogen) atoms. The summed E-state index contributed by atoms with van der Waals surface area (Å²) in [6, 6.07) is 14.8. The Morgan fingerprint density at radius 2 is 1.64 bits per heavy atom. The van der Waals surface area contributed by atoms with Crippen LogP contribution >= 0.6 is 11.3 Å². The number of benzene rings is 1. The molecule has 0 aliphatic heterocycles. The number of carboxylic acids is 2. The molecule has 1 atom stereocenters. The van der Waals surface area contributed by atoms with E-state index in [0.717, 1.165) is 24.5 Å². The molecule has 0 fully saturated rings. The van der Waals surface area contributed by atoms with E-state index in [0.29, 0.717) is 6.04 Å². The number of hydrogen-bond donors (Lipinski definition) is 2. The SMILES string of the molecule is CC(=O)N(CC(C)N(C)CCc1ccccc1)c1cccs1.O=C(O)C(=O)O. The van der Waals surface area contributed by atoms with Gasteiger partial charge in [-0.15, -0.1) is 11.3 Å². The van der Waals surface area contributed by atoms with Gasteiger partial charge in [-0.25, -0.2) is 9.59 Å². The van der Waals surface area contributed by atoms with Crippen LogP contribution in [0.15, 0.2) is 47.8 Å². The van der Waals surface area contributed by atoms with Crippen LogP contribution in [-0.2, 0) is 20.8 Å². The quantitative estimate of drug-likeness (QED) is 0.686. The Bertz CT molecular complexity index is 737. The monoisotopic (exact) mass is 406 g/mol. The van der Waals surface area contributed by atoms with Crippen molar-refractivity contribution in [1.29, 1.82) is 0 Å². The van der Waals surface area contributed by atoms with Crippen LogP contribution in [0.4, 0.5) is 5.00 Å². The van der Waals surface area contributed by atoms with Gasteiger partial charge in [0, 0.05) is 26.1 Å². The van der Waals surface area contributed by atoms with Gasteiger partial charge in [-0.05, 0) is 43.5 Å². The number of anilines is 1. The second-order valence-corrected chi connectivity index (χ2v) is 7.18. The summed E-state index contributed by atoms with van der Waals surface area (Å²) in [4.78, 5) is 34.3. The number of thiophene rings is 1. The van der Waals surface area contributed by atoms with Crippen LogP contribution in [0, 0.1) is 0 Å². The molecule has 8 heteroatoms. The Hall–Kier alpha value is -2.71. The summed E-state index contributed by atoms with van der Waals surface area (Å²) in [5, 5.41) is 17.8. The molecule has 0 spiro atoms. The molecule has 1 aromatic carbocycles. The second kappa shape index (κ2) is 11.9. The van der Waals surface area contributed by atoms with Gasteiger partial charge in [0.05, 0.1) is 5.00 Å². The highest BCUT2D eigenvalue weighted by atomic mass is 32.1. The molecular formula is C20H26N2O5S. The first-order chi connectivity index (χ1) is 13.2. The summed E-state index contributed by atoms with van der Waals surface area (Å²) in [5.41, 5.74) is 1.35. The van der Waals surface area contributed by atoms with Crippen molar-refractivity contribution >= 4 is 34.2 Å². The van der Waals surface area contributed by atoms with E-state index >= 15 is 0 Å². The van der Waals surface area contributed by atoms with E-state index in [2.05, 4.69) is 43.1 Å². The third-order valence-corrected chi connectivity index (χ3v) is 5.02. The predicted octanol–water partition coefficient (Wildman–Crippen LogP) is 2.82. The number of carboxylic acid groups (broad SMARTS) is 2. The molecule has 0 aliphatic rings. The Balaban J connectivity index is 0.000000568. The molecule has 0 bridgehead atoms. The normalized spacial score (nSPS) is 11.3. The van der Waals surface area contributed by atoms with Crippen LogP contribution in [0.25, 0.3) is 0 Å². The molecule has 0 radical (unpaired) electrons. The van der Waals surface area contributed by atoms with Crippen molar-refractivity contribution in [3.63, 3.8) is 0 Å². The number of amides is 1. The van der Waals surface area contributed by atoms with E-state index in [1.165, 1.54) is 5.56 Å². The van der Waals surface area contributed by atoms with Gasteiger partial charge in [0.2, 0.25) is 5.91 Å². The maximum Gasteiger partial charge on any atom is 0.414 e. The first kappa shape index (κ1) is 23.3. The summed E-state index contributed by atoms with van der Waals surface area (Å²) in [6.07, 6.45) is 1.03. The molecule has 1 aromatic heterocycles. The van der Waals surface area contributed by atoms with Gasteiger partial charge in [0.1, 0.15) is 0 Å². The van der Waals surface area contributed by atoms with Crippen molar-refractivity contribution in [2.45, 2.75) is 26.3 Å². The second-order valence-electron chi connectivity index (χ2n) is 6.26. The average molecular weight is 407 g/mol. The first-order valence-corrected chi connectivity index (χ1v) is 9.62. The highest BCUT2D eigenvalue weighted by molar-refractivity contribution is 7.14. The number of rotatable bonds is 7. The van der Waals surface area contributed by atoms with Crippen molar-refractivity contribution in [3.05, 3.63) is 53.4 Å². The number of hydrogen-bond acceptors (Lipinski definition) is 5. The fourth-order valence-corrected chi connectivity index (χ4v) is 3.16. The molecule has 0 aliphatic carbocycles. The topological polar surface area (TPSA) is 98.2 Å². The summed E-state index contributed by atoms with van der Waals surface area (Å²) in [6.45, 7) is 5.52. The Morgan fingerprint density at radius 3 is 2.11 bits per heavy atom. The molecule has 7 nitrogen and oxygen atoms in total. The van der Waals surface area contributed by atoms with E-state index in [9.17, 15) is 4.79 Å². The van der Waals surface area contributed by atoms with Gasteiger partial charge >= 0.3 is 11.9 Å². The fourth-order valence-electron chi connectivity index (χ4n) is 2.37. The molecule has 1 unspecified atom stereocenters. The van der Waals surface area contributed by atoms with Crippen LogP contribution in [0.3, 0.4) is 0 Å². The van der Waals surface area contributed by atoms with Gasteiger partial charge in [-0.2, -0.15) is 0 Å². The minimum atomic E-state index is -1.82. The lowest BCUT2D eigenvalue weighted by atomic mass is 10.1. The molecule has 2 rings (SSSR count). The van der Waals surface area contributed by atoms with Gasteiger partial charge < -0.3 is 20.0 Å². The van der Waals surface area contributed by atoms with Crippen LogP contribution in [0.2, 0.25) is 0 Å². The zero-order chi connectivity index (χ0) is 21.1. The van der Waals surface area contributed by atoms with E-state index < -0.39 is 11.9 Å². The number of carbonyl (C=O) groups excluding carboxylic acids is 1. The molecule has 2 N–H and O–H groups in total. The standard InChI is InChI=1S/C18H24N2OS.C2H2O4/c1-15(14-20(16(2)21)18-10-7-13-22-18)19(3)12-11-17-8-5-4-6-9-17;3-1(4)2(5)6/h4-10,13,15H,11-12,14H2,1-3H3;(H,3,4)(H,5,6). The molecular weight excluding hydrogens is 380 g/mol. The summed E-state index contributed by atoms with van der Waals surface area (Å²) < 4.78 is 0. The van der Waals surface area contributed by atoms with Gasteiger partial charge in [0.25, 0.3) is 0 Å². The highest BCUT2D eigenvalue weighted by Crippen LogP contribution is 2.22. The summed E-state index contributed by atoms with van der Waals surface area (Å²) in [5.74, 6) is -3.55. The van der Waals surface area contributed by atoms with Crippen LogP contribution in [-0.4, -0.2) is 59.1 Å². The number of aliphatic carboxylic acids is 2. The van der Waals surface area contributed by atoms with E-state index in [-0.39, 0.29) is 5.91 Å². The van der Waals surface area contributed by atoms with Crippen LogP contribution in [0.5, 0.6) is 0 Å². The van der Waals surface area contributed by atoms with Crippen molar-refractivity contribution in [1.82, 2.24) is 4.90 Å². The van der Waals surface area contributed by atoms with Gasteiger partial charge in [0.15, 0.2) is 0 Å². The predicted molar refractivity (Wildman–Crippen MR) is 110 cm³/mol. The maximum atomic E-state index is 11.9. The molecule has 0 saturated heterocycles. The van der Waals surface area contributed by atoms with E-state index in [4.69, 9.17) is 19.8 Å². The molecule has 1 amide bonds. The molecule has 152 valence electrons. The average Bonchev–Trinajstić information content (AvgIpc) is 3.19. The number of carbonyl (C=O) groups is 3. The maximum absolute atomic E-state index is 11.9. The molecule has 2 aromatic rings. The summed E-state index contributed by atoms with van der Waals surface area (Å²) in [7, 11) is 2.13. The highest BCUT2D eigenvalue weighted by Gasteiger charge is 2.18. The van der Waals surface area contributed by atoms with Crippen molar-refractivity contribution in [3.8, 4) is 0 Å². The van der Waals surface area contributed by atoms with E-state index in [1.807, 2.05) is 28.5 Å². The zero-order valence-corrected chi connectivity index (χ0v) is 17.1. The van der Waals surface area contributed by atoms with Gasteiger partial charge in [-0.1, -0.05) is 30.3 Å². The van der Waals surface area contributed by atoms with Crippen molar-refractivity contribution in [2.24, 2.45) is 0 Å². The van der Waals surface area contributed by atoms with E-state index in [1.54, 1.807) is 18.3 Å². The Kier molecular flexibility index (Phi) is 9.91. The lowest BCUT2D eigenvalue weighted by Gasteiger charge is -2.30. The van der Waals surface area contributed by atoms with Crippen LogP contribution < -0.4 is 4.90 Å². The first-order valence-electron chi connectivity index (χ1n) is 8.74. The lowest BCUT2D eigenvalue weighted by molar-refractivity contribution is -0.159. The van der Waals surface area contributed by atoms with Gasteiger partial charge in [-0.3, -0.25) is 4.79 Å². The third-order valence-electron chi connectivity index (χ3n) is 4.13. The van der Waals surface area contributed by atoms with Crippen LogP contribution in [0.1, 0.15) is 19.4 Å². The molecule has 1 heterocycles. The summed E-state index contributed by atoms with van der Waals surface area (Å²) >= 11 is 1.61. The number of nitrogens with zero attached hydrogens (tertiary/aromatic N) is 2. The minimum Gasteiger partial charge on any atom is -0.473 e. The fraction of sp³-hybridized carbons (Fsp3) is 0.350. The zero-order valence-electron chi connectivity index (χ0n) is 16.2. The Morgan fingerprint density at radius 1 is 1.04 bits per heavy atom. The third kappa shape index (κ3) is 8.32. The smallest absolute Gasteiger partial charge is 0.414 e. The minimum absolute atomic E-state index is 0.103. The largest absolute Gasteiger partial charge is 0.473 e. The Labute approximate surface area is 168 Å². The number of likely N-dealkylation sites (N-methyl/N-ethyl adjacent to an activating group) is 1. The molecule has 0 saturated carbocycles.